The summed E-state index contributed by atoms with van der Waals surface area (Å²) in [5.74, 6) is 0. The summed E-state index contributed by atoms with van der Waals surface area (Å²) in [6.45, 7) is 2.27. The largest absolute Gasteiger partial charge is 0.0654 e. The van der Waals surface area contributed by atoms with Gasteiger partial charge in [0.1, 0.15) is 0 Å². The number of hydrogen-bond donors (Lipinski definition) is 0. The molecule has 0 aliphatic heterocycles. The van der Waals surface area contributed by atoms with Crippen LogP contribution in [0.2, 0.25) is 0 Å². The van der Waals surface area contributed by atoms with Crippen LogP contribution in [0, 0.1) is 0 Å². The van der Waals surface area contributed by atoms with Crippen LogP contribution in [0.3, 0.4) is 0 Å². The summed E-state index contributed by atoms with van der Waals surface area (Å²) in [7, 11) is 0. The zero-order chi connectivity index (χ0) is 21.5. The van der Waals surface area contributed by atoms with Gasteiger partial charge in [0.25, 0.3) is 0 Å². The van der Waals surface area contributed by atoms with Gasteiger partial charge in [0, 0.05) is 0 Å². The molecule has 2 aliphatic rings. The minimum Gasteiger partial charge on any atom is -0.0654 e. The average molecular weight is 411 g/mol. The van der Waals surface area contributed by atoms with Crippen LogP contribution in [0.5, 0.6) is 0 Å². The minimum atomic E-state index is 1.14. The van der Waals surface area contributed by atoms with Crippen LogP contribution in [0.4, 0.5) is 0 Å². The Labute approximate surface area is 189 Å². The highest BCUT2D eigenvalue weighted by molar-refractivity contribution is 6.31. The third-order valence-corrected chi connectivity index (χ3v) is 6.78. The standard InChI is InChI=1S/C32H26/c1-2-3-12-22-19-20-27-28(21-22)32-29(23-13-6-4-7-14-23)25-17-10-11-18-26(25)31(32)30(27)24-15-8-5-9-16-24/h4-11,13-21H,2-3,12H2,1H3. The summed E-state index contributed by atoms with van der Waals surface area (Å²) in [6.07, 6.45) is 3.59. The molecule has 0 heteroatoms. The maximum absolute atomic E-state index is 2.46. The lowest BCUT2D eigenvalue weighted by Gasteiger charge is -2.11. The van der Waals surface area contributed by atoms with E-state index in [4.69, 9.17) is 0 Å². The zero-order valence-corrected chi connectivity index (χ0v) is 18.4. The fraction of sp³-hybridized carbons (Fsp3) is 0.125. The van der Waals surface area contributed by atoms with Crippen LogP contribution in [-0.2, 0) is 6.42 Å². The van der Waals surface area contributed by atoms with Gasteiger partial charge in [0.15, 0.2) is 0 Å². The van der Waals surface area contributed by atoms with Crippen molar-refractivity contribution in [3.63, 3.8) is 0 Å². The second-order valence-electron chi connectivity index (χ2n) is 8.76. The molecule has 2 aliphatic carbocycles. The van der Waals surface area contributed by atoms with Gasteiger partial charge in [-0.2, -0.15) is 0 Å². The highest BCUT2D eigenvalue weighted by atomic mass is 14.3. The second-order valence-corrected chi connectivity index (χ2v) is 8.76. The molecule has 0 nitrogen and oxygen atoms in total. The number of hydrogen-bond acceptors (Lipinski definition) is 0. The molecule has 0 amide bonds. The van der Waals surface area contributed by atoms with E-state index in [1.54, 1.807) is 0 Å². The van der Waals surface area contributed by atoms with Gasteiger partial charge in [0.05, 0.1) is 0 Å². The Morgan fingerprint density at radius 2 is 0.969 bits per heavy atom. The summed E-state index contributed by atoms with van der Waals surface area (Å²) >= 11 is 0. The van der Waals surface area contributed by atoms with E-state index < -0.39 is 0 Å². The van der Waals surface area contributed by atoms with Gasteiger partial charge in [0.2, 0.25) is 0 Å². The lowest BCUT2D eigenvalue weighted by Crippen LogP contribution is -2.28. The predicted molar refractivity (Wildman–Crippen MR) is 135 cm³/mol. The normalized spacial score (nSPS) is 13.9. The molecule has 0 atom stereocenters. The van der Waals surface area contributed by atoms with E-state index in [1.165, 1.54) is 72.7 Å². The monoisotopic (exact) mass is 410 g/mol. The Hall–Kier alpha value is -3.64. The van der Waals surface area contributed by atoms with E-state index in [0.29, 0.717) is 0 Å². The van der Waals surface area contributed by atoms with Crippen molar-refractivity contribution in [2.75, 3.05) is 0 Å². The third kappa shape index (κ3) is 2.91. The van der Waals surface area contributed by atoms with Crippen LogP contribution >= 0.6 is 0 Å². The predicted octanol–water partition coefficient (Wildman–Crippen LogP) is 4.46. The molecular formula is C32H26. The van der Waals surface area contributed by atoms with Gasteiger partial charge in [-0.05, 0) is 72.7 Å². The van der Waals surface area contributed by atoms with Crippen LogP contribution in [0.25, 0.3) is 22.3 Å². The van der Waals surface area contributed by atoms with Gasteiger partial charge in [-0.15, -0.1) is 0 Å². The third-order valence-electron chi connectivity index (χ3n) is 6.78. The maximum Gasteiger partial charge on any atom is -0.000753 e. The molecule has 6 rings (SSSR count). The number of unbranched alkanes of at least 4 members (excludes halogenated alkanes) is 1. The van der Waals surface area contributed by atoms with Crippen LogP contribution in [0.15, 0.2) is 103 Å². The van der Waals surface area contributed by atoms with Crippen LogP contribution in [0.1, 0.15) is 36.5 Å². The van der Waals surface area contributed by atoms with E-state index >= 15 is 0 Å². The lowest BCUT2D eigenvalue weighted by molar-refractivity contribution is 0.794. The summed E-state index contributed by atoms with van der Waals surface area (Å²) in [6, 6.07) is 37.9. The summed E-state index contributed by atoms with van der Waals surface area (Å²) in [5.41, 5.74) is 9.58. The average Bonchev–Trinajstić information content (AvgIpc) is 3.36. The molecule has 0 fully saturated rings. The van der Waals surface area contributed by atoms with Crippen molar-refractivity contribution in [2.45, 2.75) is 26.2 Å². The molecule has 0 N–H and O–H groups in total. The van der Waals surface area contributed by atoms with Crippen LogP contribution in [-0.4, -0.2) is 0 Å². The van der Waals surface area contributed by atoms with Gasteiger partial charge in [-0.3, -0.25) is 0 Å². The number of aryl methyl sites for hydroxylation is 1. The van der Waals surface area contributed by atoms with Crippen molar-refractivity contribution in [2.24, 2.45) is 0 Å². The molecule has 4 aromatic carbocycles. The first-order chi connectivity index (χ1) is 15.9. The highest BCUT2D eigenvalue weighted by Crippen LogP contribution is 2.38. The Kier molecular flexibility index (Phi) is 4.65. The Balaban J connectivity index is 1.77. The first-order valence-corrected chi connectivity index (χ1v) is 11.7. The molecule has 0 radical (unpaired) electrons. The van der Waals surface area contributed by atoms with Crippen molar-refractivity contribution >= 4 is 22.3 Å². The van der Waals surface area contributed by atoms with Gasteiger partial charge >= 0.3 is 0 Å². The fourth-order valence-electron chi connectivity index (χ4n) is 5.34. The quantitative estimate of drug-likeness (QED) is 0.456. The fourth-order valence-corrected chi connectivity index (χ4v) is 5.34. The van der Waals surface area contributed by atoms with E-state index in [1.807, 2.05) is 0 Å². The number of rotatable bonds is 5. The Bertz CT molecular complexity index is 1570. The zero-order valence-electron chi connectivity index (χ0n) is 18.4. The van der Waals surface area contributed by atoms with E-state index in [9.17, 15) is 0 Å². The molecule has 0 bridgehead atoms. The van der Waals surface area contributed by atoms with Crippen LogP contribution < -0.4 is 20.9 Å². The van der Waals surface area contributed by atoms with Crippen molar-refractivity contribution in [1.29, 1.82) is 0 Å². The van der Waals surface area contributed by atoms with E-state index in [2.05, 4.69) is 110 Å². The van der Waals surface area contributed by atoms with Crippen molar-refractivity contribution in [3.05, 3.63) is 141 Å². The van der Waals surface area contributed by atoms with Crippen molar-refractivity contribution in [1.82, 2.24) is 0 Å². The summed E-state index contributed by atoms with van der Waals surface area (Å²) in [4.78, 5) is 0. The molecule has 4 aromatic rings. The second kappa shape index (κ2) is 7.80. The topological polar surface area (TPSA) is 0 Å². The molecule has 0 saturated carbocycles. The molecule has 0 aromatic heterocycles. The summed E-state index contributed by atoms with van der Waals surface area (Å²) in [5, 5.41) is 5.46. The molecule has 32 heavy (non-hydrogen) atoms. The molecule has 0 heterocycles. The van der Waals surface area contributed by atoms with E-state index in [0.717, 1.165) is 6.42 Å². The van der Waals surface area contributed by atoms with Gasteiger partial charge < -0.3 is 0 Å². The van der Waals surface area contributed by atoms with Crippen molar-refractivity contribution in [3.8, 4) is 0 Å². The van der Waals surface area contributed by atoms with Gasteiger partial charge in [-0.1, -0.05) is 116 Å². The Morgan fingerprint density at radius 3 is 1.56 bits per heavy atom. The highest BCUT2D eigenvalue weighted by Gasteiger charge is 2.29. The molecule has 0 spiro atoms. The molecule has 154 valence electrons. The Morgan fingerprint density at radius 1 is 0.469 bits per heavy atom. The van der Waals surface area contributed by atoms with Gasteiger partial charge in [-0.25, -0.2) is 0 Å². The first kappa shape index (κ1) is 19.1. The van der Waals surface area contributed by atoms with Crippen molar-refractivity contribution < 1.29 is 0 Å². The van der Waals surface area contributed by atoms with E-state index in [-0.39, 0.29) is 0 Å². The SMILES string of the molecule is CCCCc1ccc2c(c1)=C1C(=c3ccccc3=C1c1ccccc1)C=2c1ccccc1. The minimum absolute atomic E-state index is 1.14. The number of benzene rings is 4. The maximum atomic E-state index is 2.46. The number of fused-ring (bicyclic) bond motifs is 3. The first-order valence-electron chi connectivity index (χ1n) is 11.7. The molecule has 0 unspecified atom stereocenters. The summed E-state index contributed by atoms with van der Waals surface area (Å²) < 4.78 is 0. The lowest BCUT2D eigenvalue weighted by atomic mass is 9.92. The smallest absolute Gasteiger partial charge is 0.000753 e. The molecule has 0 saturated heterocycles. The molecular weight excluding hydrogens is 384 g/mol.